The molecule has 2 aromatic carbocycles. The molecule has 0 aliphatic carbocycles. The molecule has 154 valence electrons. The molecule has 0 aromatic heterocycles. The summed E-state index contributed by atoms with van der Waals surface area (Å²) in [6.45, 7) is 3.39. The second-order valence-corrected chi connectivity index (χ2v) is 6.52. The van der Waals surface area contributed by atoms with Gasteiger partial charge in [0.05, 0.1) is 7.11 Å². The summed E-state index contributed by atoms with van der Waals surface area (Å²) in [5, 5.41) is 5.22. The summed E-state index contributed by atoms with van der Waals surface area (Å²) in [5.74, 6) is -0.747. The SMILES string of the molecule is CC[C@@H](C)c1ccccc1NC(=O)COC(=O)CNC(=O)c1cccc(OC)c1. The summed E-state index contributed by atoms with van der Waals surface area (Å²) in [6.07, 6.45) is 0.939. The van der Waals surface area contributed by atoms with Crippen molar-refractivity contribution in [1.82, 2.24) is 5.32 Å². The minimum absolute atomic E-state index is 0.292. The molecule has 2 aromatic rings. The van der Waals surface area contributed by atoms with E-state index < -0.39 is 24.4 Å². The lowest BCUT2D eigenvalue weighted by Gasteiger charge is -2.15. The second kappa shape index (κ2) is 10.8. The Labute approximate surface area is 170 Å². The van der Waals surface area contributed by atoms with Crippen molar-refractivity contribution >= 4 is 23.5 Å². The Kier molecular flexibility index (Phi) is 8.21. The van der Waals surface area contributed by atoms with Crippen molar-refractivity contribution in [2.75, 3.05) is 25.6 Å². The first-order chi connectivity index (χ1) is 13.9. The summed E-state index contributed by atoms with van der Waals surface area (Å²) in [4.78, 5) is 36.0. The third-order valence-electron chi connectivity index (χ3n) is 4.47. The monoisotopic (exact) mass is 398 g/mol. The Morgan fingerprint density at radius 3 is 2.55 bits per heavy atom. The van der Waals surface area contributed by atoms with Crippen LogP contribution in [0.2, 0.25) is 0 Å². The molecule has 2 N–H and O–H groups in total. The molecule has 2 amide bonds. The van der Waals surface area contributed by atoms with Crippen LogP contribution in [-0.4, -0.2) is 38.0 Å². The summed E-state index contributed by atoms with van der Waals surface area (Å²) < 4.78 is 10.0. The topological polar surface area (TPSA) is 93.7 Å². The zero-order chi connectivity index (χ0) is 21.2. The van der Waals surface area contributed by atoms with Gasteiger partial charge in [-0.2, -0.15) is 0 Å². The zero-order valence-corrected chi connectivity index (χ0v) is 16.9. The van der Waals surface area contributed by atoms with Crippen molar-refractivity contribution in [2.45, 2.75) is 26.2 Å². The van der Waals surface area contributed by atoms with Crippen LogP contribution in [0.25, 0.3) is 0 Å². The van der Waals surface area contributed by atoms with E-state index in [-0.39, 0.29) is 6.54 Å². The minimum Gasteiger partial charge on any atom is -0.497 e. The molecule has 0 radical (unpaired) electrons. The van der Waals surface area contributed by atoms with Gasteiger partial charge in [0.15, 0.2) is 6.61 Å². The minimum atomic E-state index is -0.702. The predicted molar refractivity (Wildman–Crippen MR) is 110 cm³/mol. The summed E-state index contributed by atoms with van der Waals surface area (Å²) in [5.41, 5.74) is 2.09. The van der Waals surface area contributed by atoms with Crippen LogP contribution in [-0.2, 0) is 14.3 Å². The smallest absolute Gasteiger partial charge is 0.325 e. The van der Waals surface area contributed by atoms with Gasteiger partial charge >= 0.3 is 5.97 Å². The maximum atomic E-state index is 12.1. The first-order valence-electron chi connectivity index (χ1n) is 9.41. The van der Waals surface area contributed by atoms with E-state index in [1.54, 1.807) is 24.3 Å². The zero-order valence-electron chi connectivity index (χ0n) is 16.9. The van der Waals surface area contributed by atoms with Crippen molar-refractivity contribution < 1.29 is 23.9 Å². The second-order valence-electron chi connectivity index (χ2n) is 6.52. The molecule has 0 aliphatic heterocycles. The van der Waals surface area contributed by atoms with Gasteiger partial charge in [0, 0.05) is 11.3 Å². The van der Waals surface area contributed by atoms with E-state index >= 15 is 0 Å². The molecule has 1 atom stereocenters. The van der Waals surface area contributed by atoms with Gasteiger partial charge in [-0.05, 0) is 42.2 Å². The molecular weight excluding hydrogens is 372 g/mol. The number of hydrogen-bond acceptors (Lipinski definition) is 5. The number of hydrogen-bond donors (Lipinski definition) is 2. The highest BCUT2D eigenvalue weighted by Crippen LogP contribution is 2.26. The quantitative estimate of drug-likeness (QED) is 0.633. The number of esters is 1. The summed E-state index contributed by atoms with van der Waals surface area (Å²) in [7, 11) is 1.50. The molecule has 2 rings (SSSR count). The average Bonchev–Trinajstić information content (AvgIpc) is 2.75. The van der Waals surface area contributed by atoms with Crippen LogP contribution in [0.1, 0.15) is 42.1 Å². The van der Waals surface area contributed by atoms with Gasteiger partial charge in [0.2, 0.25) is 0 Å². The van der Waals surface area contributed by atoms with E-state index in [2.05, 4.69) is 24.5 Å². The maximum absolute atomic E-state index is 12.1. The van der Waals surface area contributed by atoms with Crippen LogP contribution >= 0.6 is 0 Å². The van der Waals surface area contributed by atoms with Crippen molar-refractivity contribution in [2.24, 2.45) is 0 Å². The fraction of sp³-hybridized carbons (Fsp3) is 0.318. The van der Waals surface area contributed by atoms with Gasteiger partial charge < -0.3 is 20.1 Å². The van der Waals surface area contributed by atoms with E-state index in [9.17, 15) is 14.4 Å². The Hall–Kier alpha value is -3.35. The van der Waals surface area contributed by atoms with Crippen molar-refractivity contribution in [3.63, 3.8) is 0 Å². The van der Waals surface area contributed by atoms with Crippen LogP contribution in [0.15, 0.2) is 48.5 Å². The van der Waals surface area contributed by atoms with Crippen LogP contribution in [0.3, 0.4) is 0 Å². The molecule has 29 heavy (non-hydrogen) atoms. The first kappa shape index (κ1) is 21.9. The molecule has 7 nitrogen and oxygen atoms in total. The Morgan fingerprint density at radius 2 is 1.83 bits per heavy atom. The van der Waals surface area contributed by atoms with Gasteiger partial charge in [-0.1, -0.05) is 38.1 Å². The van der Waals surface area contributed by atoms with E-state index in [0.29, 0.717) is 22.9 Å². The highest BCUT2D eigenvalue weighted by Gasteiger charge is 2.14. The number of carbonyl (C=O) groups excluding carboxylic acids is 3. The third-order valence-corrected chi connectivity index (χ3v) is 4.47. The largest absolute Gasteiger partial charge is 0.497 e. The third kappa shape index (κ3) is 6.64. The lowest BCUT2D eigenvalue weighted by molar-refractivity contribution is -0.146. The van der Waals surface area contributed by atoms with E-state index in [1.807, 2.05) is 24.3 Å². The lowest BCUT2D eigenvalue weighted by Crippen LogP contribution is -2.32. The highest BCUT2D eigenvalue weighted by atomic mass is 16.5. The number of para-hydroxylation sites is 1. The molecule has 0 saturated heterocycles. The van der Waals surface area contributed by atoms with Gasteiger partial charge in [-0.3, -0.25) is 14.4 Å². The standard InChI is InChI=1S/C22H26N2O5/c1-4-15(2)18-10-5-6-11-19(18)24-20(25)14-29-21(26)13-23-22(27)16-8-7-9-17(12-16)28-3/h5-12,15H,4,13-14H2,1-3H3,(H,23,27)(H,24,25)/t15-/m1/s1. The average molecular weight is 398 g/mol. The van der Waals surface area contributed by atoms with E-state index in [1.165, 1.54) is 7.11 Å². The fourth-order valence-corrected chi connectivity index (χ4v) is 2.66. The van der Waals surface area contributed by atoms with Crippen LogP contribution in [0.5, 0.6) is 5.75 Å². The van der Waals surface area contributed by atoms with Crippen molar-refractivity contribution in [3.05, 3.63) is 59.7 Å². The number of methoxy groups -OCH3 is 1. The van der Waals surface area contributed by atoms with E-state index in [4.69, 9.17) is 9.47 Å². The molecule has 0 heterocycles. The Bertz CT molecular complexity index is 866. The van der Waals surface area contributed by atoms with Gasteiger partial charge in [-0.15, -0.1) is 0 Å². The van der Waals surface area contributed by atoms with Crippen molar-refractivity contribution in [3.8, 4) is 5.75 Å². The predicted octanol–water partition coefficient (Wildman–Crippen LogP) is 3.12. The number of amides is 2. The Morgan fingerprint density at radius 1 is 1.07 bits per heavy atom. The number of rotatable bonds is 9. The normalized spacial score (nSPS) is 11.3. The van der Waals surface area contributed by atoms with Gasteiger partial charge in [-0.25, -0.2) is 0 Å². The maximum Gasteiger partial charge on any atom is 0.325 e. The number of ether oxygens (including phenoxy) is 2. The van der Waals surface area contributed by atoms with Gasteiger partial charge in [0.1, 0.15) is 12.3 Å². The summed E-state index contributed by atoms with van der Waals surface area (Å²) >= 11 is 0. The molecular formula is C22H26N2O5. The van der Waals surface area contributed by atoms with Crippen LogP contribution in [0.4, 0.5) is 5.69 Å². The molecule has 0 aliphatic rings. The molecule has 0 unspecified atom stereocenters. The molecule has 0 bridgehead atoms. The van der Waals surface area contributed by atoms with Gasteiger partial charge in [0.25, 0.3) is 11.8 Å². The molecule has 0 spiro atoms. The number of carbonyl (C=O) groups is 3. The fourth-order valence-electron chi connectivity index (χ4n) is 2.66. The van der Waals surface area contributed by atoms with Crippen LogP contribution < -0.4 is 15.4 Å². The van der Waals surface area contributed by atoms with Crippen LogP contribution in [0, 0.1) is 0 Å². The molecule has 0 saturated carbocycles. The van der Waals surface area contributed by atoms with Crippen molar-refractivity contribution in [1.29, 1.82) is 0 Å². The summed E-state index contributed by atoms with van der Waals surface area (Å²) in [6, 6.07) is 14.1. The molecule has 0 fully saturated rings. The Balaban J connectivity index is 1.80. The lowest BCUT2D eigenvalue weighted by atomic mass is 9.97. The van der Waals surface area contributed by atoms with E-state index in [0.717, 1.165) is 12.0 Å². The first-order valence-corrected chi connectivity index (χ1v) is 9.41. The highest BCUT2D eigenvalue weighted by molar-refractivity contribution is 5.97. The number of anilines is 1. The molecule has 7 heteroatoms. The number of nitrogens with one attached hydrogen (secondary N) is 2. The number of benzene rings is 2.